The van der Waals surface area contributed by atoms with Crippen LogP contribution in [0, 0.1) is 6.92 Å². The summed E-state index contributed by atoms with van der Waals surface area (Å²) in [5, 5.41) is 16.9. The summed E-state index contributed by atoms with van der Waals surface area (Å²) in [5.41, 5.74) is 1.18. The van der Waals surface area contributed by atoms with E-state index in [4.69, 9.17) is 10.2 Å². The number of aryl methyl sites for hydroxylation is 1. The Morgan fingerprint density at radius 3 is 2.04 bits per heavy atom. The average molecular weight is 320 g/mol. The van der Waals surface area contributed by atoms with Gasteiger partial charge in [-0.1, -0.05) is 50.0 Å². The van der Waals surface area contributed by atoms with Crippen LogP contribution in [-0.4, -0.2) is 22.2 Å². The van der Waals surface area contributed by atoms with Gasteiger partial charge in [-0.2, -0.15) is 0 Å². The lowest BCUT2D eigenvalue weighted by atomic mass is 10.1. The second-order valence-electron chi connectivity index (χ2n) is 5.46. The van der Waals surface area contributed by atoms with E-state index >= 15 is 0 Å². The molecule has 2 N–H and O–H groups in total. The molecular weight excluding hydrogens is 292 g/mol. The summed E-state index contributed by atoms with van der Waals surface area (Å²) in [4.78, 5) is 20.6. The van der Waals surface area contributed by atoms with Crippen LogP contribution in [0.1, 0.15) is 67.3 Å². The fraction of sp³-hybridized carbons (Fsp3) is 0.474. The van der Waals surface area contributed by atoms with Crippen LogP contribution in [0.25, 0.3) is 0 Å². The van der Waals surface area contributed by atoms with Crippen molar-refractivity contribution in [2.24, 2.45) is 0 Å². The lowest BCUT2D eigenvalue weighted by Gasteiger charge is -1.98. The number of unbranched alkanes of at least 4 members (excludes halogenated alkanes) is 6. The minimum absolute atomic E-state index is 0.326. The van der Waals surface area contributed by atoms with Gasteiger partial charge in [0, 0.05) is 6.42 Å². The van der Waals surface area contributed by atoms with Crippen LogP contribution in [0.4, 0.5) is 0 Å². The Kier molecular flexibility index (Phi) is 12.3. The molecule has 128 valence electrons. The van der Waals surface area contributed by atoms with Crippen molar-refractivity contribution in [3.05, 3.63) is 48.0 Å². The van der Waals surface area contributed by atoms with E-state index in [1.54, 1.807) is 25.1 Å². The third-order valence-corrected chi connectivity index (χ3v) is 3.42. The Balaban J connectivity index is 0.000000433. The van der Waals surface area contributed by atoms with E-state index in [1.165, 1.54) is 25.7 Å². The number of benzene rings is 1. The van der Waals surface area contributed by atoms with Gasteiger partial charge in [0.2, 0.25) is 0 Å². The van der Waals surface area contributed by atoms with Crippen LogP contribution in [0.2, 0.25) is 0 Å². The molecule has 23 heavy (non-hydrogen) atoms. The number of aliphatic carboxylic acids is 1. The summed E-state index contributed by atoms with van der Waals surface area (Å²) in [5.74, 6) is -1.54. The van der Waals surface area contributed by atoms with Gasteiger partial charge in [0.05, 0.1) is 5.56 Å². The quantitative estimate of drug-likeness (QED) is 0.466. The molecule has 0 saturated carbocycles. The maximum Gasteiger partial charge on any atom is 0.335 e. The molecule has 0 atom stereocenters. The Labute approximate surface area is 138 Å². The summed E-state index contributed by atoms with van der Waals surface area (Å²) in [6, 6.07) is 6.92. The topological polar surface area (TPSA) is 74.6 Å². The van der Waals surface area contributed by atoms with Gasteiger partial charge in [-0.25, -0.2) is 4.79 Å². The highest BCUT2D eigenvalue weighted by atomic mass is 16.4. The third-order valence-electron chi connectivity index (χ3n) is 3.42. The van der Waals surface area contributed by atoms with Gasteiger partial charge in [-0.05, 0) is 37.8 Å². The van der Waals surface area contributed by atoms with Crippen molar-refractivity contribution in [1.29, 1.82) is 0 Å². The molecule has 0 bridgehead atoms. The third kappa shape index (κ3) is 12.2. The van der Waals surface area contributed by atoms with E-state index in [1.807, 2.05) is 12.1 Å². The molecule has 1 aromatic rings. The Bertz CT molecular complexity index is 480. The van der Waals surface area contributed by atoms with Crippen molar-refractivity contribution in [3.8, 4) is 0 Å². The predicted molar refractivity (Wildman–Crippen MR) is 92.9 cm³/mol. The molecule has 4 heteroatoms. The molecule has 1 rings (SSSR count). The lowest BCUT2D eigenvalue weighted by molar-refractivity contribution is -0.137. The number of carboxylic acids is 2. The van der Waals surface area contributed by atoms with Crippen LogP contribution in [0.3, 0.4) is 0 Å². The van der Waals surface area contributed by atoms with Crippen molar-refractivity contribution in [2.45, 2.75) is 58.3 Å². The number of rotatable bonds is 10. The number of aromatic carboxylic acids is 1. The zero-order chi connectivity index (χ0) is 17.5. The molecule has 0 saturated heterocycles. The maximum absolute atomic E-state index is 10.4. The maximum atomic E-state index is 10.4. The molecule has 0 heterocycles. The molecular formula is C19H28O4. The fourth-order valence-corrected chi connectivity index (χ4v) is 2.08. The predicted octanol–water partition coefficient (Wildman–Crippen LogP) is 5.07. The highest BCUT2D eigenvalue weighted by Gasteiger charge is 2.02. The number of carbonyl (C=O) groups is 2. The van der Waals surface area contributed by atoms with E-state index in [0.29, 0.717) is 12.0 Å². The number of hydrogen-bond donors (Lipinski definition) is 2. The van der Waals surface area contributed by atoms with E-state index in [9.17, 15) is 9.59 Å². The standard InChI is InChI=1S/C11H20O2.C8H8O2/c1-2-3-4-5-6-7-8-9-10-11(12)13;1-6-4-2-3-5-7(6)8(9)10/h2H,1,3-10H2,(H,12,13);2-5H,1H3,(H,9,10). The Morgan fingerprint density at radius 2 is 1.57 bits per heavy atom. The van der Waals surface area contributed by atoms with Gasteiger partial charge in [-0.15, -0.1) is 6.58 Å². The van der Waals surface area contributed by atoms with E-state index in [0.717, 1.165) is 24.8 Å². The first kappa shape index (κ1) is 20.9. The second-order valence-corrected chi connectivity index (χ2v) is 5.46. The molecule has 4 nitrogen and oxygen atoms in total. The summed E-state index contributed by atoms with van der Waals surface area (Å²) < 4.78 is 0. The first-order chi connectivity index (χ1) is 11.0. The Morgan fingerprint density at radius 1 is 1.00 bits per heavy atom. The lowest BCUT2D eigenvalue weighted by Crippen LogP contribution is -1.97. The molecule has 0 unspecified atom stereocenters. The highest BCUT2D eigenvalue weighted by Crippen LogP contribution is 2.08. The number of carboxylic acid groups (broad SMARTS) is 2. The fourth-order valence-electron chi connectivity index (χ4n) is 2.08. The minimum Gasteiger partial charge on any atom is -0.481 e. The summed E-state index contributed by atoms with van der Waals surface area (Å²) in [6.07, 6.45) is 10.1. The Hall–Kier alpha value is -2.10. The van der Waals surface area contributed by atoms with E-state index in [-0.39, 0.29) is 0 Å². The van der Waals surface area contributed by atoms with Crippen molar-refractivity contribution >= 4 is 11.9 Å². The summed E-state index contributed by atoms with van der Waals surface area (Å²) in [6.45, 7) is 5.44. The second kappa shape index (κ2) is 13.6. The van der Waals surface area contributed by atoms with Gasteiger partial charge in [0.1, 0.15) is 0 Å². The zero-order valence-electron chi connectivity index (χ0n) is 14.0. The average Bonchev–Trinajstić information content (AvgIpc) is 2.50. The van der Waals surface area contributed by atoms with Crippen molar-refractivity contribution in [2.75, 3.05) is 0 Å². The van der Waals surface area contributed by atoms with Crippen LogP contribution >= 0.6 is 0 Å². The molecule has 1 aromatic carbocycles. The highest BCUT2D eigenvalue weighted by molar-refractivity contribution is 5.89. The van der Waals surface area contributed by atoms with Gasteiger partial charge in [0.25, 0.3) is 0 Å². The van der Waals surface area contributed by atoms with Gasteiger partial charge in [-0.3, -0.25) is 4.79 Å². The summed E-state index contributed by atoms with van der Waals surface area (Å²) in [7, 11) is 0. The smallest absolute Gasteiger partial charge is 0.335 e. The first-order valence-corrected chi connectivity index (χ1v) is 8.10. The molecule has 0 aliphatic heterocycles. The van der Waals surface area contributed by atoms with Gasteiger partial charge in [0.15, 0.2) is 0 Å². The molecule has 0 amide bonds. The van der Waals surface area contributed by atoms with E-state index < -0.39 is 11.9 Å². The molecule has 0 aliphatic carbocycles. The monoisotopic (exact) mass is 320 g/mol. The van der Waals surface area contributed by atoms with Gasteiger partial charge < -0.3 is 10.2 Å². The van der Waals surface area contributed by atoms with Crippen molar-refractivity contribution in [3.63, 3.8) is 0 Å². The molecule has 0 spiro atoms. The molecule has 0 aromatic heterocycles. The molecule has 0 radical (unpaired) electrons. The van der Waals surface area contributed by atoms with Crippen LogP contribution in [0.5, 0.6) is 0 Å². The first-order valence-electron chi connectivity index (χ1n) is 8.10. The number of allylic oxidation sites excluding steroid dienone is 1. The van der Waals surface area contributed by atoms with E-state index in [2.05, 4.69) is 6.58 Å². The zero-order valence-corrected chi connectivity index (χ0v) is 14.0. The molecule has 0 fully saturated rings. The van der Waals surface area contributed by atoms with Gasteiger partial charge >= 0.3 is 11.9 Å². The SMILES string of the molecule is C=CCCCCCCCCC(=O)O.Cc1ccccc1C(=O)O. The van der Waals surface area contributed by atoms with Crippen molar-refractivity contribution < 1.29 is 19.8 Å². The summed E-state index contributed by atoms with van der Waals surface area (Å²) >= 11 is 0. The largest absolute Gasteiger partial charge is 0.481 e. The normalized spacial score (nSPS) is 9.61. The van der Waals surface area contributed by atoms with Crippen LogP contribution < -0.4 is 0 Å². The minimum atomic E-state index is -0.863. The van der Waals surface area contributed by atoms with Crippen molar-refractivity contribution in [1.82, 2.24) is 0 Å². The van der Waals surface area contributed by atoms with Crippen LogP contribution in [0.15, 0.2) is 36.9 Å². The number of hydrogen-bond acceptors (Lipinski definition) is 2. The molecule has 0 aliphatic rings. The van der Waals surface area contributed by atoms with Crippen LogP contribution in [-0.2, 0) is 4.79 Å².